The average molecular weight is 401 g/mol. The second-order valence-electron chi connectivity index (χ2n) is 6.75. The molecular weight excluding hydrogens is 378 g/mol. The van der Waals surface area contributed by atoms with E-state index in [1.165, 1.54) is 0 Å². The van der Waals surface area contributed by atoms with Crippen LogP contribution in [0.2, 0.25) is 0 Å². The molecule has 1 fully saturated rings. The van der Waals surface area contributed by atoms with Crippen LogP contribution in [0.1, 0.15) is 28.8 Å². The van der Waals surface area contributed by atoms with Crippen LogP contribution in [0.25, 0.3) is 0 Å². The van der Waals surface area contributed by atoms with Crippen LogP contribution in [0, 0.1) is 6.92 Å². The highest BCUT2D eigenvalue weighted by Crippen LogP contribution is 2.31. The van der Waals surface area contributed by atoms with Crippen molar-refractivity contribution in [2.45, 2.75) is 32.4 Å². The quantitative estimate of drug-likeness (QED) is 0.690. The molecule has 0 bridgehead atoms. The number of aryl methyl sites for hydroxylation is 1. The zero-order valence-corrected chi connectivity index (χ0v) is 16.9. The van der Waals surface area contributed by atoms with E-state index in [2.05, 4.69) is 15.7 Å². The van der Waals surface area contributed by atoms with Crippen molar-refractivity contribution in [1.82, 2.24) is 25.6 Å². The van der Waals surface area contributed by atoms with Gasteiger partial charge in [0.2, 0.25) is 0 Å². The van der Waals surface area contributed by atoms with Crippen molar-refractivity contribution in [2.24, 2.45) is 0 Å². The molecule has 0 spiro atoms. The molecule has 148 valence electrons. The van der Waals surface area contributed by atoms with E-state index in [0.29, 0.717) is 18.5 Å². The molecule has 0 radical (unpaired) electrons. The molecule has 3 rings (SSSR count). The van der Waals surface area contributed by atoms with E-state index in [-0.39, 0.29) is 6.54 Å². The molecule has 1 aromatic carbocycles. The van der Waals surface area contributed by atoms with Gasteiger partial charge in [-0.05, 0) is 26.0 Å². The van der Waals surface area contributed by atoms with Gasteiger partial charge in [0.15, 0.2) is 0 Å². The number of thiazole rings is 1. The molecule has 2 heterocycles. The number of amides is 4. The summed E-state index contributed by atoms with van der Waals surface area (Å²) in [5.41, 5.74) is 1.95. The van der Waals surface area contributed by atoms with Crippen LogP contribution in [0.4, 0.5) is 4.79 Å². The molecule has 1 saturated heterocycles. The van der Waals surface area contributed by atoms with Gasteiger partial charge in [-0.2, -0.15) is 5.01 Å². The largest absolute Gasteiger partial charge is 0.344 e. The summed E-state index contributed by atoms with van der Waals surface area (Å²) in [6, 6.07) is 8.40. The second-order valence-corrected chi connectivity index (χ2v) is 8.07. The fourth-order valence-corrected chi connectivity index (χ4v) is 4.12. The van der Waals surface area contributed by atoms with Crippen molar-refractivity contribution in [1.29, 1.82) is 0 Å². The Bertz CT molecular complexity index is 885. The molecule has 1 aliphatic rings. The average Bonchev–Trinajstić information content (AvgIpc) is 3.18. The Morgan fingerprint density at radius 1 is 1.32 bits per heavy atom. The molecule has 1 aliphatic heterocycles. The molecule has 9 heteroatoms. The van der Waals surface area contributed by atoms with E-state index >= 15 is 0 Å². The fraction of sp³-hybridized carbons (Fsp3) is 0.368. The highest BCUT2D eigenvalue weighted by molar-refractivity contribution is 7.11. The Morgan fingerprint density at radius 2 is 2.04 bits per heavy atom. The molecule has 8 nitrogen and oxygen atoms in total. The first-order valence-corrected chi connectivity index (χ1v) is 9.79. The van der Waals surface area contributed by atoms with E-state index in [4.69, 9.17) is 0 Å². The van der Waals surface area contributed by atoms with E-state index in [9.17, 15) is 14.4 Å². The number of hydrogen-bond acceptors (Lipinski definition) is 6. The summed E-state index contributed by atoms with van der Waals surface area (Å²) in [5.74, 6) is -0.924. The van der Waals surface area contributed by atoms with Crippen LogP contribution < -0.4 is 10.7 Å². The first-order chi connectivity index (χ1) is 13.4. The lowest BCUT2D eigenvalue weighted by Crippen LogP contribution is -2.50. The zero-order valence-electron chi connectivity index (χ0n) is 16.1. The molecule has 1 unspecified atom stereocenters. The minimum Gasteiger partial charge on any atom is -0.318 e. The number of aromatic nitrogens is 1. The smallest absolute Gasteiger partial charge is 0.318 e. The number of urea groups is 1. The molecule has 2 aromatic rings. The van der Waals surface area contributed by atoms with Gasteiger partial charge in [-0.3, -0.25) is 19.9 Å². The van der Waals surface area contributed by atoms with Crippen molar-refractivity contribution in [3.05, 3.63) is 52.0 Å². The number of carbonyl (C=O) groups is 3. The van der Waals surface area contributed by atoms with Crippen molar-refractivity contribution in [3.63, 3.8) is 0 Å². The summed E-state index contributed by atoms with van der Waals surface area (Å²) < 4.78 is 0. The SMILES string of the molecule is CCC1(c2ccccc2)NC(=O)N(NC(=O)CN(C)Cc2cnc(C)s2)C1=O. The molecule has 1 atom stereocenters. The molecule has 28 heavy (non-hydrogen) atoms. The third-order valence-electron chi connectivity index (χ3n) is 4.63. The van der Waals surface area contributed by atoms with Gasteiger partial charge in [-0.15, -0.1) is 11.3 Å². The molecular formula is C19H23N5O3S. The van der Waals surface area contributed by atoms with Crippen LogP contribution >= 0.6 is 11.3 Å². The summed E-state index contributed by atoms with van der Waals surface area (Å²) >= 11 is 1.56. The predicted octanol–water partition coefficient (Wildman–Crippen LogP) is 1.77. The van der Waals surface area contributed by atoms with Gasteiger partial charge in [-0.25, -0.2) is 9.78 Å². The van der Waals surface area contributed by atoms with Crippen LogP contribution in [0.3, 0.4) is 0 Å². The van der Waals surface area contributed by atoms with Gasteiger partial charge in [0.05, 0.1) is 11.6 Å². The summed E-state index contributed by atoms with van der Waals surface area (Å²) in [6.45, 7) is 4.34. The molecule has 4 amide bonds. The number of hydrazine groups is 1. The normalized spacial score (nSPS) is 19.2. The van der Waals surface area contributed by atoms with Crippen LogP contribution in [-0.4, -0.2) is 46.3 Å². The van der Waals surface area contributed by atoms with Gasteiger partial charge in [0.25, 0.3) is 11.8 Å². The Morgan fingerprint density at radius 3 is 2.64 bits per heavy atom. The summed E-state index contributed by atoms with van der Waals surface area (Å²) in [4.78, 5) is 44.8. The second kappa shape index (κ2) is 8.07. The molecule has 1 aromatic heterocycles. The number of imide groups is 1. The first kappa shape index (κ1) is 20.0. The fourth-order valence-electron chi connectivity index (χ4n) is 3.24. The maximum atomic E-state index is 13.0. The lowest BCUT2D eigenvalue weighted by molar-refractivity contribution is -0.139. The van der Waals surface area contributed by atoms with Gasteiger partial charge in [0, 0.05) is 17.6 Å². The number of likely N-dealkylation sites (N-methyl/N-ethyl adjacent to an activating group) is 1. The minimum absolute atomic E-state index is 0.0401. The topological polar surface area (TPSA) is 94.6 Å². The van der Waals surface area contributed by atoms with Gasteiger partial charge < -0.3 is 5.32 Å². The number of nitrogens with zero attached hydrogens (tertiary/aromatic N) is 3. The number of rotatable bonds is 7. The van der Waals surface area contributed by atoms with Gasteiger partial charge in [0.1, 0.15) is 5.54 Å². The standard InChI is InChI=1S/C19H23N5O3S/c1-4-19(14-8-6-5-7-9-14)17(26)24(18(27)21-19)22-16(25)12-23(3)11-15-10-20-13(2)28-15/h5-10H,4,11-12H2,1-3H3,(H,21,27)(H,22,25). The summed E-state index contributed by atoms with van der Waals surface area (Å²) in [5, 5.41) is 4.48. The molecule has 0 saturated carbocycles. The highest BCUT2D eigenvalue weighted by Gasteiger charge is 2.52. The number of nitrogens with one attached hydrogen (secondary N) is 2. The maximum Gasteiger partial charge on any atom is 0.344 e. The van der Waals surface area contributed by atoms with Crippen molar-refractivity contribution in [3.8, 4) is 0 Å². The lowest BCUT2D eigenvalue weighted by Gasteiger charge is -2.25. The number of carbonyl (C=O) groups excluding carboxylic acids is 3. The lowest BCUT2D eigenvalue weighted by atomic mass is 9.87. The van der Waals surface area contributed by atoms with E-state index < -0.39 is 23.4 Å². The van der Waals surface area contributed by atoms with Crippen LogP contribution in [0.5, 0.6) is 0 Å². The molecule has 0 aliphatic carbocycles. The third-order valence-corrected chi connectivity index (χ3v) is 5.53. The van der Waals surface area contributed by atoms with Gasteiger partial charge >= 0.3 is 6.03 Å². The molecule has 2 N–H and O–H groups in total. The first-order valence-electron chi connectivity index (χ1n) is 8.97. The van der Waals surface area contributed by atoms with Crippen molar-refractivity contribution >= 4 is 29.2 Å². The Balaban J connectivity index is 1.66. The Labute approximate surface area is 167 Å². The van der Waals surface area contributed by atoms with Crippen LogP contribution in [0.15, 0.2) is 36.5 Å². The number of benzene rings is 1. The maximum absolute atomic E-state index is 13.0. The van der Waals surface area contributed by atoms with E-state index in [1.54, 1.807) is 41.6 Å². The van der Waals surface area contributed by atoms with Crippen molar-refractivity contribution in [2.75, 3.05) is 13.6 Å². The minimum atomic E-state index is -1.17. The summed E-state index contributed by atoms with van der Waals surface area (Å²) in [7, 11) is 1.79. The van der Waals surface area contributed by atoms with Crippen molar-refractivity contribution < 1.29 is 14.4 Å². The van der Waals surface area contributed by atoms with E-state index in [0.717, 1.165) is 14.9 Å². The summed E-state index contributed by atoms with van der Waals surface area (Å²) in [6.07, 6.45) is 2.15. The monoisotopic (exact) mass is 401 g/mol. The zero-order chi connectivity index (χ0) is 20.3. The Kier molecular flexibility index (Phi) is 5.76. The van der Waals surface area contributed by atoms with E-state index in [1.807, 2.05) is 32.0 Å². The number of hydrogen-bond donors (Lipinski definition) is 2. The Hall–Kier alpha value is -2.78. The third kappa shape index (κ3) is 3.90. The predicted molar refractivity (Wildman–Crippen MR) is 105 cm³/mol. The van der Waals surface area contributed by atoms with Crippen LogP contribution in [-0.2, 0) is 21.7 Å². The van der Waals surface area contributed by atoms with Gasteiger partial charge in [-0.1, -0.05) is 37.3 Å². The highest BCUT2D eigenvalue weighted by atomic mass is 32.1.